The van der Waals surface area contributed by atoms with E-state index in [-0.39, 0.29) is 0 Å². The van der Waals surface area contributed by atoms with Crippen molar-refractivity contribution in [3.8, 4) is 0 Å². The van der Waals surface area contributed by atoms with E-state index in [1.807, 2.05) is 27.8 Å². The maximum atomic E-state index is 4.08. The fourth-order valence-electron chi connectivity index (χ4n) is 0.728. The van der Waals surface area contributed by atoms with E-state index in [1.54, 1.807) is 0 Å². The molecule has 0 heterocycles. The van der Waals surface area contributed by atoms with Gasteiger partial charge in [-0.3, -0.25) is 4.99 Å². The van der Waals surface area contributed by atoms with Crippen molar-refractivity contribution in [1.82, 2.24) is 4.90 Å². The number of aliphatic imine (C=N–C) groups is 1. The molecular weight excluding hydrogens is 148 g/mol. The van der Waals surface area contributed by atoms with Gasteiger partial charge in [0.05, 0.1) is 5.84 Å². The van der Waals surface area contributed by atoms with Crippen molar-refractivity contribution in [1.29, 1.82) is 0 Å². The molecule has 0 rings (SSSR count). The lowest BCUT2D eigenvalue weighted by Gasteiger charge is -2.17. The first kappa shape index (κ1) is 14.0. The van der Waals surface area contributed by atoms with Crippen LogP contribution in [-0.2, 0) is 0 Å². The van der Waals surface area contributed by atoms with Crippen LogP contribution in [0.5, 0.6) is 0 Å². The fourth-order valence-corrected chi connectivity index (χ4v) is 0.728. The molecule has 0 atom stereocenters. The molecule has 0 spiro atoms. The van der Waals surface area contributed by atoms with Gasteiger partial charge in [0.25, 0.3) is 0 Å². The monoisotopic (exact) mass is 172 g/mol. The van der Waals surface area contributed by atoms with Crippen LogP contribution in [-0.4, -0.2) is 31.4 Å². The fraction of sp³-hybridized carbons (Fsp3) is 0.900. The van der Waals surface area contributed by atoms with Crippen LogP contribution in [0.3, 0.4) is 0 Å². The van der Waals surface area contributed by atoms with Gasteiger partial charge in [-0.1, -0.05) is 27.2 Å². The van der Waals surface area contributed by atoms with Gasteiger partial charge in [0.2, 0.25) is 0 Å². The van der Waals surface area contributed by atoms with Crippen molar-refractivity contribution in [2.75, 3.05) is 20.6 Å². The zero-order valence-electron chi connectivity index (χ0n) is 9.52. The number of rotatable bonds is 3. The number of unbranched alkanes of at least 4 members (excludes halogenated alkanes) is 1. The van der Waals surface area contributed by atoms with Gasteiger partial charge >= 0.3 is 0 Å². The van der Waals surface area contributed by atoms with Crippen molar-refractivity contribution < 1.29 is 0 Å². The molecule has 0 radical (unpaired) electrons. The SMILES string of the molecule is CC.CCCCN(C)C(C)=NC. The molecule has 2 heteroatoms. The zero-order chi connectivity index (χ0) is 9.98. The predicted molar refractivity (Wildman–Crippen MR) is 57.9 cm³/mol. The molecule has 0 saturated heterocycles. The minimum Gasteiger partial charge on any atom is -0.364 e. The van der Waals surface area contributed by atoms with Crippen molar-refractivity contribution >= 4 is 5.84 Å². The highest BCUT2D eigenvalue weighted by molar-refractivity contribution is 5.79. The van der Waals surface area contributed by atoms with E-state index in [9.17, 15) is 0 Å². The van der Waals surface area contributed by atoms with Crippen molar-refractivity contribution in [3.05, 3.63) is 0 Å². The average Bonchev–Trinajstić information content (AvgIpc) is 2.16. The van der Waals surface area contributed by atoms with Gasteiger partial charge < -0.3 is 4.90 Å². The number of hydrogen-bond acceptors (Lipinski definition) is 1. The minimum atomic E-state index is 1.12. The van der Waals surface area contributed by atoms with E-state index in [0.717, 1.165) is 12.4 Å². The second kappa shape index (κ2) is 10.5. The molecule has 0 aliphatic heterocycles. The number of nitrogens with zero attached hydrogens (tertiary/aromatic N) is 2. The van der Waals surface area contributed by atoms with Crippen molar-refractivity contribution in [2.45, 2.75) is 40.5 Å². The second-order valence-corrected chi connectivity index (χ2v) is 2.55. The van der Waals surface area contributed by atoms with E-state index in [1.165, 1.54) is 12.8 Å². The van der Waals surface area contributed by atoms with E-state index >= 15 is 0 Å². The molecule has 0 saturated carbocycles. The lowest BCUT2D eigenvalue weighted by molar-refractivity contribution is 0.481. The maximum Gasteiger partial charge on any atom is 0.0951 e. The Kier molecular flexibility index (Phi) is 12.2. The lowest BCUT2D eigenvalue weighted by Crippen LogP contribution is -2.24. The van der Waals surface area contributed by atoms with Crippen molar-refractivity contribution in [3.63, 3.8) is 0 Å². The summed E-state index contributed by atoms with van der Waals surface area (Å²) in [7, 11) is 3.91. The largest absolute Gasteiger partial charge is 0.364 e. The van der Waals surface area contributed by atoms with E-state index in [4.69, 9.17) is 0 Å². The molecule has 74 valence electrons. The molecule has 0 bridgehead atoms. The first-order valence-corrected chi connectivity index (χ1v) is 4.86. The summed E-state index contributed by atoms with van der Waals surface area (Å²) in [4.78, 5) is 6.27. The molecule has 0 fully saturated rings. The highest BCUT2D eigenvalue weighted by atomic mass is 15.1. The Morgan fingerprint density at radius 2 is 1.83 bits per heavy atom. The molecule has 0 unspecified atom stereocenters. The Balaban J connectivity index is 0. The predicted octanol–water partition coefficient (Wildman–Crippen LogP) is 2.79. The molecule has 0 N–H and O–H groups in total. The highest BCUT2D eigenvalue weighted by Gasteiger charge is 1.96. The highest BCUT2D eigenvalue weighted by Crippen LogP contribution is 1.92. The van der Waals surface area contributed by atoms with Crippen LogP contribution in [0.15, 0.2) is 4.99 Å². The smallest absolute Gasteiger partial charge is 0.0951 e. The Labute approximate surface area is 77.7 Å². The van der Waals surface area contributed by atoms with E-state index < -0.39 is 0 Å². The minimum absolute atomic E-state index is 1.12. The molecule has 2 nitrogen and oxygen atoms in total. The summed E-state index contributed by atoms with van der Waals surface area (Å²) in [5, 5.41) is 0. The first-order valence-electron chi connectivity index (χ1n) is 4.86. The summed E-state index contributed by atoms with van der Waals surface area (Å²) in [5.41, 5.74) is 0. The molecule has 0 aliphatic carbocycles. The Hall–Kier alpha value is -0.530. The molecule has 12 heavy (non-hydrogen) atoms. The van der Waals surface area contributed by atoms with Gasteiger partial charge in [-0.15, -0.1) is 0 Å². The summed E-state index contributed by atoms with van der Waals surface area (Å²) in [6.45, 7) is 9.36. The molecule has 0 aromatic heterocycles. The standard InChI is InChI=1S/C8H18N2.C2H6/c1-5-6-7-10(4)8(2)9-3;1-2/h5-7H2,1-4H3;1-2H3. The summed E-state index contributed by atoms with van der Waals surface area (Å²) in [6, 6.07) is 0. The van der Waals surface area contributed by atoms with E-state index in [2.05, 4.69) is 23.9 Å². The third-order valence-corrected chi connectivity index (χ3v) is 1.72. The van der Waals surface area contributed by atoms with Crippen LogP contribution in [0.2, 0.25) is 0 Å². The van der Waals surface area contributed by atoms with Crippen LogP contribution < -0.4 is 0 Å². The summed E-state index contributed by atoms with van der Waals surface area (Å²) >= 11 is 0. The normalized spacial score (nSPS) is 10.3. The van der Waals surface area contributed by atoms with Gasteiger partial charge in [0.1, 0.15) is 0 Å². The molecule has 0 aliphatic rings. The summed E-state index contributed by atoms with van der Waals surface area (Å²) in [6.07, 6.45) is 2.50. The van der Waals surface area contributed by atoms with Crippen LogP contribution in [0, 0.1) is 0 Å². The van der Waals surface area contributed by atoms with Gasteiger partial charge in [-0.2, -0.15) is 0 Å². The molecule has 0 amide bonds. The van der Waals surface area contributed by atoms with Gasteiger partial charge in [0, 0.05) is 20.6 Å². The van der Waals surface area contributed by atoms with E-state index in [0.29, 0.717) is 0 Å². The molecular formula is C10H24N2. The average molecular weight is 172 g/mol. The zero-order valence-corrected chi connectivity index (χ0v) is 9.52. The Bertz CT molecular complexity index is 108. The summed E-state index contributed by atoms with van der Waals surface area (Å²) in [5.74, 6) is 1.12. The third kappa shape index (κ3) is 7.58. The van der Waals surface area contributed by atoms with Crippen molar-refractivity contribution in [2.24, 2.45) is 4.99 Å². The van der Waals surface area contributed by atoms with Gasteiger partial charge in [-0.05, 0) is 13.3 Å². The first-order chi connectivity index (χ1) is 5.72. The second-order valence-electron chi connectivity index (χ2n) is 2.55. The molecule has 0 aromatic rings. The Morgan fingerprint density at radius 1 is 1.33 bits per heavy atom. The van der Waals surface area contributed by atoms with Crippen LogP contribution in [0.25, 0.3) is 0 Å². The maximum absolute atomic E-state index is 4.08. The molecule has 0 aromatic carbocycles. The quantitative estimate of drug-likeness (QED) is 0.472. The van der Waals surface area contributed by atoms with Gasteiger partial charge in [-0.25, -0.2) is 0 Å². The number of hydrogen-bond donors (Lipinski definition) is 0. The third-order valence-electron chi connectivity index (χ3n) is 1.72. The van der Waals surface area contributed by atoms with Crippen LogP contribution >= 0.6 is 0 Å². The van der Waals surface area contributed by atoms with Crippen LogP contribution in [0.1, 0.15) is 40.5 Å². The lowest BCUT2D eigenvalue weighted by atomic mass is 10.3. The Morgan fingerprint density at radius 3 is 2.17 bits per heavy atom. The topological polar surface area (TPSA) is 15.6 Å². The van der Waals surface area contributed by atoms with Crippen LogP contribution in [0.4, 0.5) is 0 Å². The number of amidine groups is 1. The van der Waals surface area contributed by atoms with Gasteiger partial charge in [0.15, 0.2) is 0 Å². The summed E-state index contributed by atoms with van der Waals surface area (Å²) < 4.78 is 0.